The summed E-state index contributed by atoms with van der Waals surface area (Å²) in [5, 5.41) is 20.3. The van der Waals surface area contributed by atoms with Gasteiger partial charge in [-0.1, -0.05) is 6.42 Å². The van der Waals surface area contributed by atoms with Gasteiger partial charge in [-0.15, -0.1) is 11.8 Å². The van der Waals surface area contributed by atoms with Crippen molar-refractivity contribution in [1.29, 1.82) is 5.26 Å². The quantitative estimate of drug-likeness (QED) is 0.527. The summed E-state index contributed by atoms with van der Waals surface area (Å²) in [6.07, 6.45) is 7.86. The number of thioether (sulfide) groups is 1. The SMILES string of the molecule is COC1CCC(C#N)CC1C1CC(C)NCC1C(=O)NC1NC2CCN(C(=O)C3CCC3)CC2S1. The van der Waals surface area contributed by atoms with Gasteiger partial charge in [0.25, 0.3) is 0 Å². The minimum Gasteiger partial charge on any atom is -0.381 e. The number of hydrogen-bond donors (Lipinski definition) is 3. The van der Waals surface area contributed by atoms with Crippen LogP contribution in [-0.2, 0) is 14.3 Å². The van der Waals surface area contributed by atoms with E-state index in [9.17, 15) is 14.9 Å². The Labute approximate surface area is 213 Å². The minimum absolute atomic E-state index is 0.0566. The Kier molecular flexibility index (Phi) is 7.93. The lowest BCUT2D eigenvalue weighted by Gasteiger charge is -2.44. The van der Waals surface area contributed by atoms with Crippen LogP contribution in [-0.4, -0.2) is 72.4 Å². The van der Waals surface area contributed by atoms with Gasteiger partial charge >= 0.3 is 0 Å². The first-order valence-electron chi connectivity index (χ1n) is 13.6. The first kappa shape index (κ1) is 25.3. The van der Waals surface area contributed by atoms with Crippen LogP contribution < -0.4 is 16.0 Å². The summed E-state index contributed by atoms with van der Waals surface area (Å²) in [6.45, 7) is 4.44. The maximum atomic E-state index is 13.6. The number of carbonyl (C=O) groups is 2. The number of piperidine rings is 2. The van der Waals surface area contributed by atoms with E-state index in [1.54, 1.807) is 18.9 Å². The van der Waals surface area contributed by atoms with Gasteiger partial charge in [-0.05, 0) is 63.7 Å². The Morgan fingerprint density at radius 1 is 1.14 bits per heavy atom. The molecule has 2 aliphatic carbocycles. The van der Waals surface area contributed by atoms with Crippen molar-refractivity contribution in [2.45, 2.75) is 87.2 Å². The van der Waals surface area contributed by atoms with Crippen molar-refractivity contribution < 1.29 is 14.3 Å². The summed E-state index contributed by atoms with van der Waals surface area (Å²) >= 11 is 1.77. The molecule has 0 aromatic carbocycles. The highest BCUT2D eigenvalue weighted by molar-refractivity contribution is 8.00. The molecule has 0 radical (unpaired) electrons. The molecule has 0 aromatic heterocycles. The third-order valence-electron chi connectivity index (χ3n) is 9.31. The maximum Gasteiger partial charge on any atom is 0.226 e. The van der Waals surface area contributed by atoms with E-state index in [0.717, 1.165) is 58.0 Å². The Morgan fingerprint density at radius 3 is 2.69 bits per heavy atom. The van der Waals surface area contributed by atoms with Crippen LogP contribution in [0, 0.1) is 40.9 Å². The number of methoxy groups -OCH3 is 1. The van der Waals surface area contributed by atoms with Gasteiger partial charge in [0.15, 0.2) is 0 Å². The van der Waals surface area contributed by atoms with Gasteiger partial charge in [-0.25, -0.2) is 0 Å². The zero-order valence-electron chi connectivity index (χ0n) is 21.1. The summed E-state index contributed by atoms with van der Waals surface area (Å²) in [4.78, 5) is 28.4. The van der Waals surface area contributed by atoms with E-state index in [4.69, 9.17) is 4.74 Å². The number of rotatable bonds is 5. The first-order chi connectivity index (χ1) is 17.0. The molecule has 3 heterocycles. The molecule has 5 rings (SSSR count). The van der Waals surface area contributed by atoms with Crippen molar-refractivity contribution in [3.63, 3.8) is 0 Å². The van der Waals surface area contributed by atoms with Crippen LogP contribution in [0.5, 0.6) is 0 Å². The fraction of sp³-hybridized carbons (Fsp3) is 0.885. The number of hydrogen-bond acceptors (Lipinski definition) is 7. The van der Waals surface area contributed by atoms with Gasteiger partial charge in [0.05, 0.1) is 18.1 Å². The highest BCUT2D eigenvalue weighted by Crippen LogP contribution is 2.42. The molecule has 0 aromatic rings. The number of fused-ring (bicyclic) bond motifs is 1. The van der Waals surface area contributed by atoms with Crippen molar-refractivity contribution in [3.05, 3.63) is 0 Å². The third kappa shape index (κ3) is 5.36. The first-order valence-corrected chi connectivity index (χ1v) is 14.6. The van der Waals surface area contributed by atoms with E-state index >= 15 is 0 Å². The molecule has 3 N–H and O–H groups in total. The Bertz CT molecular complexity index is 832. The Balaban J connectivity index is 1.20. The van der Waals surface area contributed by atoms with E-state index in [2.05, 4.69) is 33.8 Å². The van der Waals surface area contributed by atoms with Crippen molar-refractivity contribution >= 4 is 23.6 Å². The van der Waals surface area contributed by atoms with Crippen LogP contribution in [0.2, 0.25) is 0 Å². The van der Waals surface area contributed by atoms with Crippen molar-refractivity contribution in [3.8, 4) is 6.07 Å². The largest absolute Gasteiger partial charge is 0.381 e. The predicted octanol–water partition coefficient (Wildman–Crippen LogP) is 2.06. The molecule has 0 spiro atoms. The molecule has 2 saturated carbocycles. The van der Waals surface area contributed by atoms with Crippen LogP contribution in [0.4, 0.5) is 0 Å². The van der Waals surface area contributed by atoms with Crippen LogP contribution in [0.25, 0.3) is 0 Å². The number of ether oxygens (including phenoxy) is 1. The van der Waals surface area contributed by atoms with Crippen LogP contribution in [0.15, 0.2) is 0 Å². The fourth-order valence-corrected chi connectivity index (χ4v) is 8.47. The van der Waals surface area contributed by atoms with Crippen molar-refractivity contribution in [2.75, 3.05) is 26.7 Å². The molecule has 3 aliphatic heterocycles. The summed E-state index contributed by atoms with van der Waals surface area (Å²) in [5.41, 5.74) is -0.118. The zero-order valence-corrected chi connectivity index (χ0v) is 21.9. The van der Waals surface area contributed by atoms with Gasteiger partial charge in [-0.2, -0.15) is 5.26 Å². The van der Waals surface area contributed by atoms with Crippen molar-refractivity contribution in [2.24, 2.45) is 29.6 Å². The number of amides is 2. The highest BCUT2D eigenvalue weighted by atomic mass is 32.2. The second-order valence-electron chi connectivity index (χ2n) is 11.4. The van der Waals surface area contributed by atoms with Crippen LogP contribution in [0.3, 0.4) is 0 Å². The number of nitriles is 1. The molecular formula is C26H41N5O3S. The molecular weight excluding hydrogens is 462 g/mol. The molecule has 9 unspecified atom stereocenters. The second-order valence-corrected chi connectivity index (χ2v) is 12.8. The third-order valence-corrected chi connectivity index (χ3v) is 10.7. The summed E-state index contributed by atoms with van der Waals surface area (Å²) in [7, 11) is 1.77. The molecule has 9 atom stereocenters. The number of nitrogens with one attached hydrogen (secondary N) is 3. The molecule has 9 heteroatoms. The predicted molar refractivity (Wildman–Crippen MR) is 135 cm³/mol. The number of likely N-dealkylation sites (tertiary alicyclic amines) is 1. The lowest BCUT2D eigenvalue weighted by molar-refractivity contribution is -0.139. The zero-order chi connectivity index (χ0) is 24.5. The monoisotopic (exact) mass is 503 g/mol. The molecule has 3 saturated heterocycles. The van der Waals surface area contributed by atoms with Gasteiger partial charge in [0, 0.05) is 55.9 Å². The molecule has 5 fully saturated rings. The molecule has 194 valence electrons. The summed E-state index contributed by atoms with van der Waals surface area (Å²) < 4.78 is 5.86. The van der Waals surface area contributed by atoms with Crippen LogP contribution in [0.1, 0.15) is 58.3 Å². The average molecular weight is 504 g/mol. The lowest BCUT2D eigenvalue weighted by atomic mass is 9.66. The lowest BCUT2D eigenvalue weighted by Crippen LogP contribution is -2.56. The number of nitrogens with zero attached hydrogens (tertiary/aromatic N) is 2. The van der Waals surface area contributed by atoms with E-state index in [1.165, 1.54) is 6.42 Å². The van der Waals surface area contributed by atoms with E-state index in [0.29, 0.717) is 29.8 Å². The normalized spacial score (nSPS) is 42.0. The second kappa shape index (κ2) is 11.0. The van der Waals surface area contributed by atoms with E-state index in [-0.39, 0.29) is 47.1 Å². The maximum absolute atomic E-state index is 13.6. The van der Waals surface area contributed by atoms with E-state index < -0.39 is 0 Å². The van der Waals surface area contributed by atoms with Crippen LogP contribution >= 0.6 is 11.8 Å². The van der Waals surface area contributed by atoms with Crippen molar-refractivity contribution in [1.82, 2.24) is 20.9 Å². The number of carbonyl (C=O) groups excluding carboxylic acids is 2. The Hall–Kier alpha value is -1.34. The molecule has 2 amide bonds. The average Bonchev–Trinajstić information content (AvgIpc) is 3.23. The highest BCUT2D eigenvalue weighted by Gasteiger charge is 2.46. The molecule has 35 heavy (non-hydrogen) atoms. The molecule has 8 nitrogen and oxygen atoms in total. The smallest absolute Gasteiger partial charge is 0.226 e. The van der Waals surface area contributed by atoms with Gasteiger partial charge in [-0.3, -0.25) is 14.9 Å². The minimum atomic E-state index is -0.131. The fourth-order valence-electron chi connectivity index (χ4n) is 7.01. The van der Waals surface area contributed by atoms with E-state index in [1.807, 2.05) is 0 Å². The standard InChI is InChI=1S/C26H41N5O3S/c1-15-10-18(19-11-16(12-27)6-7-22(19)34-2)20(13-28-15)24(32)30-26-29-21-8-9-31(14-23(21)35-26)25(33)17-4-3-5-17/h15-23,26,28-29H,3-11,13-14H2,1-2H3,(H,30,32). The summed E-state index contributed by atoms with van der Waals surface area (Å²) in [5.74, 6) is 1.04. The molecule has 0 bridgehead atoms. The van der Waals surface area contributed by atoms with Gasteiger partial charge < -0.3 is 20.3 Å². The molecule has 5 aliphatic rings. The van der Waals surface area contributed by atoms with Gasteiger partial charge in [0.2, 0.25) is 11.8 Å². The summed E-state index contributed by atoms with van der Waals surface area (Å²) in [6, 6.07) is 3.16. The Morgan fingerprint density at radius 2 is 1.97 bits per heavy atom. The topological polar surface area (TPSA) is 106 Å². The van der Waals surface area contributed by atoms with Gasteiger partial charge in [0.1, 0.15) is 5.50 Å².